The Balaban J connectivity index is 2.60. The summed E-state index contributed by atoms with van der Waals surface area (Å²) >= 11 is 0. The third kappa shape index (κ3) is 9.35. The van der Waals surface area contributed by atoms with E-state index in [0.717, 1.165) is 12.1 Å². The Hall–Kier alpha value is -2.72. The van der Waals surface area contributed by atoms with Gasteiger partial charge in [-0.15, -0.1) is 0 Å². The summed E-state index contributed by atoms with van der Waals surface area (Å²) in [5.74, 6) is -1.84. The van der Waals surface area contributed by atoms with Crippen LogP contribution in [0.25, 0.3) is 0 Å². The topological polar surface area (TPSA) is 197 Å². The van der Waals surface area contributed by atoms with Crippen molar-refractivity contribution < 1.29 is 37.6 Å². The number of alkyl halides is 3. The number of anilines is 1. The first-order valence-electron chi connectivity index (χ1n) is 9.99. The van der Waals surface area contributed by atoms with Crippen LogP contribution in [0, 0.1) is 0 Å². The minimum absolute atomic E-state index is 0.00216. The second-order valence-electron chi connectivity index (χ2n) is 7.04. The van der Waals surface area contributed by atoms with Gasteiger partial charge in [0.05, 0.1) is 18.2 Å². The predicted octanol–water partition coefficient (Wildman–Crippen LogP) is -2.71. The van der Waals surface area contributed by atoms with Crippen LogP contribution in [0.15, 0.2) is 18.2 Å². The molecule has 3 amide bonds. The summed E-state index contributed by atoms with van der Waals surface area (Å²) in [5.41, 5.74) is 14.2. The molecule has 0 saturated carbocycles. The number of amides is 3. The molecule has 33 heavy (non-hydrogen) atoms. The number of hydrogen-bond donors (Lipinski definition) is 7. The molecule has 1 rings (SSSR count). The number of benzene rings is 1. The van der Waals surface area contributed by atoms with Crippen LogP contribution in [-0.2, 0) is 20.6 Å². The van der Waals surface area contributed by atoms with Crippen molar-refractivity contribution in [3.05, 3.63) is 23.8 Å². The number of nitrogens with zero attached hydrogens (tertiary/aromatic N) is 1. The maximum Gasteiger partial charge on any atom is 0.489 e. The van der Waals surface area contributed by atoms with Crippen LogP contribution in [0.1, 0.15) is 18.4 Å². The van der Waals surface area contributed by atoms with E-state index in [9.17, 15) is 27.6 Å². The van der Waals surface area contributed by atoms with Crippen molar-refractivity contribution in [1.82, 2.24) is 10.2 Å². The molecule has 1 atom stereocenters. The largest absolute Gasteiger partial charge is 0.489 e. The van der Waals surface area contributed by atoms with Crippen LogP contribution in [-0.4, -0.2) is 78.6 Å². The van der Waals surface area contributed by atoms with Gasteiger partial charge in [-0.25, -0.2) is 0 Å². The number of nitrogens with one attached hydrogen (secondary N) is 2. The first kappa shape index (κ1) is 28.3. The molecule has 0 bridgehead atoms. The molecule has 0 saturated heterocycles. The van der Waals surface area contributed by atoms with Gasteiger partial charge in [-0.3, -0.25) is 14.4 Å². The van der Waals surface area contributed by atoms with Gasteiger partial charge in [-0.2, -0.15) is 13.2 Å². The van der Waals surface area contributed by atoms with E-state index >= 15 is 0 Å². The van der Waals surface area contributed by atoms with E-state index in [0.29, 0.717) is 19.2 Å². The maximum absolute atomic E-state index is 13.1. The summed E-state index contributed by atoms with van der Waals surface area (Å²) in [6.45, 7) is 0.541. The summed E-state index contributed by atoms with van der Waals surface area (Å²) in [7, 11) is -2.35. The number of halogens is 3. The lowest BCUT2D eigenvalue weighted by Crippen LogP contribution is -2.45. The van der Waals surface area contributed by atoms with Gasteiger partial charge in [0.15, 0.2) is 0 Å². The molecule has 0 aliphatic heterocycles. The third-order valence-electron chi connectivity index (χ3n) is 4.50. The molecule has 0 aliphatic rings. The molecule has 184 valence electrons. The Labute approximate surface area is 188 Å². The predicted molar refractivity (Wildman–Crippen MR) is 115 cm³/mol. The summed E-state index contributed by atoms with van der Waals surface area (Å²) in [6, 6.07) is 1.31. The van der Waals surface area contributed by atoms with Gasteiger partial charge in [0.25, 0.3) is 0 Å². The lowest BCUT2D eigenvalue weighted by atomic mass is 9.76. The molecule has 1 unspecified atom stereocenters. The first-order chi connectivity index (χ1) is 15.4. The van der Waals surface area contributed by atoms with E-state index in [-0.39, 0.29) is 37.5 Å². The van der Waals surface area contributed by atoms with Gasteiger partial charge < -0.3 is 42.8 Å². The zero-order chi connectivity index (χ0) is 25.2. The quantitative estimate of drug-likeness (QED) is 0.158. The maximum atomic E-state index is 13.1. The van der Waals surface area contributed by atoms with Crippen LogP contribution in [0.4, 0.5) is 18.9 Å². The Bertz CT molecular complexity index is 821. The lowest BCUT2D eigenvalue weighted by Gasteiger charge is -2.22. The summed E-state index contributed by atoms with van der Waals surface area (Å²) in [6.07, 6.45) is -4.93. The first-order valence-corrected chi connectivity index (χ1v) is 9.99. The van der Waals surface area contributed by atoms with E-state index < -0.39 is 48.7 Å². The molecule has 0 fully saturated rings. The van der Waals surface area contributed by atoms with E-state index in [1.807, 2.05) is 0 Å². The van der Waals surface area contributed by atoms with Crippen molar-refractivity contribution in [3.8, 4) is 0 Å². The molecule has 0 aliphatic carbocycles. The summed E-state index contributed by atoms with van der Waals surface area (Å²) < 4.78 is 39.3. The molecule has 10 N–H and O–H groups in total. The standard InChI is InChI=1S/C18H28BF3N6O5/c20-18(21,22)12-9-11(1-2-13(12)19(32)33)27-15(29)10-26-17(31)14(25)3-4-16(30)28(7-5-23)8-6-24/h1-2,9,14,32-33H,3-8,10,23-25H2,(H,26,31)(H,27,29). The molecule has 15 heteroatoms. The van der Waals surface area contributed by atoms with Crippen molar-refractivity contribution in [2.75, 3.05) is 38.0 Å². The highest BCUT2D eigenvalue weighted by molar-refractivity contribution is 6.59. The zero-order valence-corrected chi connectivity index (χ0v) is 17.8. The smallest absolute Gasteiger partial charge is 0.423 e. The van der Waals surface area contributed by atoms with E-state index in [1.165, 1.54) is 4.90 Å². The molecule has 0 spiro atoms. The van der Waals surface area contributed by atoms with E-state index in [4.69, 9.17) is 27.2 Å². The highest BCUT2D eigenvalue weighted by Crippen LogP contribution is 2.29. The molecule has 11 nitrogen and oxygen atoms in total. The number of nitrogens with two attached hydrogens (primary N) is 3. The van der Waals surface area contributed by atoms with Crippen molar-refractivity contribution >= 4 is 36.0 Å². The Morgan fingerprint density at radius 2 is 1.73 bits per heavy atom. The highest BCUT2D eigenvalue weighted by atomic mass is 19.4. The minimum atomic E-state index is -4.89. The highest BCUT2D eigenvalue weighted by Gasteiger charge is 2.36. The Morgan fingerprint density at radius 1 is 1.12 bits per heavy atom. The number of carbonyl (C=O) groups is 3. The summed E-state index contributed by atoms with van der Waals surface area (Å²) in [5, 5.41) is 22.6. The molecule has 0 radical (unpaired) electrons. The van der Waals surface area contributed by atoms with Crippen LogP contribution in [0.3, 0.4) is 0 Å². The molecule has 1 aromatic rings. The van der Waals surface area contributed by atoms with Crippen LogP contribution in [0.2, 0.25) is 0 Å². The van der Waals surface area contributed by atoms with Crippen molar-refractivity contribution in [1.29, 1.82) is 0 Å². The molecule has 1 aromatic carbocycles. The molecular weight excluding hydrogens is 448 g/mol. The van der Waals surface area contributed by atoms with Gasteiger partial charge in [-0.1, -0.05) is 6.07 Å². The SMILES string of the molecule is NCCN(CCN)C(=O)CCC(N)C(=O)NCC(=O)Nc1ccc(B(O)O)c(C(F)(F)F)c1. The number of hydrogen-bond acceptors (Lipinski definition) is 8. The fourth-order valence-electron chi connectivity index (χ4n) is 2.85. The average Bonchev–Trinajstić information content (AvgIpc) is 2.74. The minimum Gasteiger partial charge on any atom is -0.423 e. The van der Waals surface area contributed by atoms with Crippen LogP contribution < -0.4 is 33.3 Å². The van der Waals surface area contributed by atoms with Crippen LogP contribution in [0.5, 0.6) is 0 Å². The second-order valence-corrected chi connectivity index (χ2v) is 7.04. The fraction of sp³-hybridized carbons (Fsp3) is 0.500. The van der Waals surface area contributed by atoms with Crippen molar-refractivity contribution in [2.24, 2.45) is 17.2 Å². The van der Waals surface area contributed by atoms with Gasteiger partial charge >= 0.3 is 13.3 Å². The van der Waals surface area contributed by atoms with Crippen LogP contribution >= 0.6 is 0 Å². The van der Waals surface area contributed by atoms with Crippen molar-refractivity contribution in [2.45, 2.75) is 25.1 Å². The van der Waals surface area contributed by atoms with Gasteiger partial charge in [0.1, 0.15) is 0 Å². The Kier molecular flexibility index (Phi) is 11.2. The van der Waals surface area contributed by atoms with Gasteiger partial charge in [0, 0.05) is 38.3 Å². The monoisotopic (exact) mass is 476 g/mol. The molecule has 0 heterocycles. The molecular formula is C18H28BF3N6O5. The fourth-order valence-corrected chi connectivity index (χ4v) is 2.85. The molecule has 0 aromatic heterocycles. The number of rotatable bonds is 12. The average molecular weight is 476 g/mol. The van der Waals surface area contributed by atoms with Gasteiger partial charge in [0.2, 0.25) is 17.7 Å². The number of carbonyl (C=O) groups excluding carboxylic acids is 3. The van der Waals surface area contributed by atoms with Gasteiger partial charge in [-0.05, 0) is 24.0 Å². The third-order valence-corrected chi connectivity index (χ3v) is 4.50. The zero-order valence-electron chi connectivity index (χ0n) is 17.8. The Morgan fingerprint density at radius 3 is 2.24 bits per heavy atom. The van der Waals surface area contributed by atoms with Crippen molar-refractivity contribution in [3.63, 3.8) is 0 Å². The van der Waals surface area contributed by atoms with E-state index in [1.54, 1.807) is 0 Å². The lowest BCUT2D eigenvalue weighted by molar-refractivity contribution is -0.137. The normalized spacial score (nSPS) is 12.1. The van der Waals surface area contributed by atoms with E-state index in [2.05, 4.69) is 10.6 Å². The summed E-state index contributed by atoms with van der Waals surface area (Å²) in [4.78, 5) is 37.6. The second kappa shape index (κ2) is 13.1.